The number of phenolic OH excluding ortho intramolecular Hbond substituents is 1. The maximum absolute atomic E-state index is 14.4. The molecule has 0 saturated carbocycles. The minimum atomic E-state index is -0.319. The van der Waals surface area contributed by atoms with E-state index in [-0.39, 0.29) is 11.9 Å². The molecule has 5 N–H and O–H groups in total. The highest BCUT2D eigenvalue weighted by atomic mass is 19.1. The molecule has 0 radical (unpaired) electrons. The van der Waals surface area contributed by atoms with Crippen molar-refractivity contribution in [1.29, 1.82) is 0 Å². The third-order valence-electron chi connectivity index (χ3n) is 7.80. The number of aliphatic hydroxyl groups excluding tert-OH is 1. The third kappa shape index (κ3) is 11.4. The van der Waals surface area contributed by atoms with Crippen LogP contribution in [0.1, 0.15) is 55.6 Å². The van der Waals surface area contributed by atoms with Crippen molar-refractivity contribution >= 4 is 12.1 Å². The first-order valence-electron chi connectivity index (χ1n) is 15.3. The van der Waals surface area contributed by atoms with Gasteiger partial charge in [0, 0.05) is 77.3 Å². The molecule has 0 bridgehead atoms. The highest BCUT2D eigenvalue weighted by Crippen LogP contribution is 2.34. The number of carbonyl (C=O) groups is 1. The van der Waals surface area contributed by atoms with Crippen molar-refractivity contribution in [2.24, 2.45) is 0 Å². The van der Waals surface area contributed by atoms with E-state index in [1.54, 1.807) is 12.1 Å². The first-order valence-corrected chi connectivity index (χ1v) is 15.3. The molecule has 3 aliphatic rings. The molecule has 3 heterocycles. The number of nitrogens with one attached hydrogen (secondary N) is 3. The third-order valence-corrected chi connectivity index (χ3v) is 7.80. The molecule has 1 atom stereocenters. The quantitative estimate of drug-likeness (QED) is 0.201. The van der Waals surface area contributed by atoms with Crippen LogP contribution >= 0.6 is 0 Å². The molecule has 0 aromatic heterocycles. The Kier molecular flexibility index (Phi) is 15.4. The van der Waals surface area contributed by atoms with Crippen molar-refractivity contribution in [2.75, 3.05) is 71.0 Å². The number of piperazine rings is 1. The summed E-state index contributed by atoms with van der Waals surface area (Å²) in [5, 5.41) is 26.6. The molecule has 3 aliphatic heterocycles. The molecular formula is C32H49FN4O5. The number of rotatable bonds is 11. The summed E-state index contributed by atoms with van der Waals surface area (Å²) < 4.78 is 26.2. The summed E-state index contributed by atoms with van der Waals surface area (Å²) in [6.45, 7) is 7.81. The molecule has 0 spiro atoms. The number of anilines is 1. The van der Waals surface area contributed by atoms with Crippen LogP contribution in [0.3, 0.4) is 0 Å². The number of carbonyl (C=O) groups excluding carboxylic acids is 1. The van der Waals surface area contributed by atoms with Gasteiger partial charge in [0.15, 0.2) is 0 Å². The van der Waals surface area contributed by atoms with Crippen LogP contribution in [0, 0.1) is 5.82 Å². The topological polar surface area (TPSA) is 115 Å². The van der Waals surface area contributed by atoms with Gasteiger partial charge in [-0.15, -0.1) is 0 Å². The van der Waals surface area contributed by atoms with E-state index < -0.39 is 0 Å². The molecule has 2 aromatic carbocycles. The van der Waals surface area contributed by atoms with Gasteiger partial charge >= 0.3 is 0 Å². The Balaban J connectivity index is 0.000000615. The Morgan fingerprint density at radius 3 is 2.43 bits per heavy atom. The molecule has 2 aromatic rings. The number of aromatic hydroxyl groups is 1. The van der Waals surface area contributed by atoms with Crippen LogP contribution in [0.15, 0.2) is 36.4 Å². The second kappa shape index (κ2) is 19.3. The van der Waals surface area contributed by atoms with Gasteiger partial charge in [-0.3, -0.25) is 4.79 Å². The van der Waals surface area contributed by atoms with Gasteiger partial charge in [-0.2, -0.15) is 0 Å². The van der Waals surface area contributed by atoms with Crippen LogP contribution in [0.25, 0.3) is 0 Å². The summed E-state index contributed by atoms with van der Waals surface area (Å²) in [6, 6.07) is 10.7. The summed E-state index contributed by atoms with van der Waals surface area (Å²) in [6.07, 6.45) is 7.16. The molecule has 3 saturated heterocycles. The van der Waals surface area contributed by atoms with E-state index >= 15 is 0 Å². The number of aryl methyl sites for hydroxylation is 1. The molecule has 9 nitrogen and oxygen atoms in total. The lowest BCUT2D eigenvalue weighted by Crippen LogP contribution is -2.43. The SMILES string of the molecule is C1CCNC1.CO.O=CNCCC(CCc1ccc(O)c(C2CCOCC2)c1)Oc1cc(F)cc(N2CCNCC2)c1. The smallest absolute Gasteiger partial charge is 0.207 e. The van der Waals surface area contributed by atoms with Crippen molar-refractivity contribution in [3.05, 3.63) is 53.3 Å². The van der Waals surface area contributed by atoms with Gasteiger partial charge in [0.25, 0.3) is 0 Å². The predicted octanol–water partition coefficient (Wildman–Crippen LogP) is 3.33. The fourth-order valence-corrected chi connectivity index (χ4v) is 5.53. The average molecular weight is 589 g/mol. The zero-order valence-corrected chi connectivity index (χ0v) is 25.0. The van der Waals surface area contributed by atoms with E-state index in [0.29, 0.717) is 43.2 Å². The van der Waals surface area contributed by atoms with Crippen molar-refractivity contribution < 1.29 is 28.9 Å². The van der Waals surface area contributed by atoms with Crippen molar-refractivity contribution in [3.8, 4) is 11.5 Å². The molecule has 1 amide bonds. The minimum absolute atomic E-state index is 0.194. The van der Waals surface area contributed by atoms with Gasteiger partial charge in [-0.25, -0.2) is 4.39 Å². The van der Waals surface area contributed by atoms with Crippen LogP contribution in [0.4, 0.5) is 10.1 Å². The minimum Gasteiger partial charge on any atom is -0.508 e. The highest BCUT2D eigenvalue weighted by Gasteiger charge is 2.20. The Bertz CT molecular complexity index is 1040. The number of aliphatic hydroxyl groups is 1. The number of amides is 1. The summed E-state index contributed by atoms with van der Waals surface area (Å²) in [4.78, 5) is 12.9. The molecule has 1 unspecified atom stereocenters. The van der Waals surface area contributed by atoms with Gasteiger partial charge in [-0.1, -0.05) is 12.1 Å². The Labute approximate surface area is 249 Å². The average Bonchev–Trinajstić information content (AvgIpc) is 3.63. The first-order chi connectivity index (χ1) is 20.6. The molecular weight excluding hydrogens is 539 g/mol. The number of nitrogens with zero attached hydrogens (tertiary/aromatic N) is 1. The first kappa shape index (κ1) is 33.6. The van der Waals surface area contributed by atoms with Crippen LogP contribution < -0.4 is 25.6 Å². The largest absolute Gasteiger partial charge is 0.508 e. The van der Waals surface area contributed by atoms with E-state index in [0.717, 1.165) is 82.6 Å². The number of ether oxygens (including phenoxy) is 2. The Morgan fingerprint density at radius 1 is 1.05 bits per heavy atom. The molecule has 3 fully saturated rings. The molecule has 0 aliphatic carbocycles. The molecule has 234 valence electrons. The van der Waals surface area contributed by atoms with E-state index in [1.807, 2.05) is 12.1 Å². The van der Waals surface area contributed by atoms with E-state index in [1.165, 1.54) is 32.0 Å². The maximum Gasteiger partial charge on any atom is 0.207 e. The normalized spacial score (nSPS) is 17.7. The highest BCUT2D eigenvalue weighted by molar-refractivity contribution is 5.51. The van der Waals surface area contributed by atoms with Gasteiger partial charge in [0.2, 0.25) is 6.41 Å². The fourth-order valence-electron chi connectivity index (χ4n) is 5.53. The van der Waals surface area contributed by atoms with Crippen LogP contribution in [0.5, 0.6) is 11.5 Å². The van der Waals surface area contributed by atoms with Gasteiger partial charge in [0.1, 0.15) is 23.4 Å². The van der Waals surface area contributed by atoms with Crippen LogP contribution in [-0.2, 0) is 16.0 Å². The van der Waals surface area contributed by atoms with Gasteiger partial charge < -0.3 is 40.5 Å². The standard InChI is InChI=1S/C27H36FN3O4.C4H9N.CH4O/c28-22-16-23(31-11-9-29-10-12-31)18-25(17-22)35-24(5-8-30-19-32)3-1-20-2-4-27(33)26(15-20)21-6-13-34-14-7-21;1-2-4-5-3-1;1-2/h2,4,15-19,21,24,29,33H,1,3,5-14H2,(H,30,32);5H,1-4H2;2H,1H3. The second-order valence-corrected chi connectivity index (χ2v) is 10.8. The lowest BCUT2D eigenvalue weighted by molar-refractivity contribution is -0.109. The maximum atomic E-state index is 14.4. The zero-order chi connectivity index (χ0) is 30.0. The fraction of sp³-hybridized carbons (Fsp3) is 0.594. The van der Waals surface area contributed by atoms with Crippen LogP contribution in [0.2, 0.25) is 0 Å². The molecule has 5 rings (SSSR count). The molecule has 10 heteroatoms. The Hall–Kier alpha value is -2.92. The lowest BCUT2D eigenvalue weighted by Gasteiger charge is -2.30. The number of hydrogen-bond acceptors (Lipinski definition) is 8. The summed E-state index contributed by atoms with van der Waals surface area (Å²) in [7, 11) is 1.00. The van der Waals surface area contributed by atoms with Gasteiger partial charge in [-0.05, 0) is 80.8 Å². The zero-order valence-electron chi connectivity index (χ0n) is 25.0. The van der Waals surface area contributed by atoms with E-state index in [4.69, 9.17) is 14.6 Å². The van der Waals surface area contributed by atoms with Crippen LogP contribution in [-0.4, -0.2) is 88.9 Å². The number of hydrogen-bond donors (Lipinski definition) is 5. The summed E-state index contributed by atoms with van der Waals surface area (Å²) in [5.74, 6) is 0.829. The van der Waals surface area contributed by atoms with Crippen molar-refractivity contribution in [2.45, 2.75) is 57.0 Å². The lowest BCUT2D eigenvalue weighted by atomic mass is 9.89. The summed E-state index contributed by atoms with van der Waals surface area (Å²) in [5.41, 5.74) is 2.93. The summed E-state index contributed by atoms with van der Waals surface area (Å²) >= 11 is 0. The Morgan fingerprint density at radius 2 is 1.76 bits per heavy atom. The van der Waals surface area contributed by atoms with E-state index in [2.05, 4.69) is 26.9 Å². The van der Waals surface area contributed by atoms with E-state index in [9.17, 15) is 14.3 Å². The number of phenols is 1. The second-order valence-electron chi connectivity index (χ2n) is 10.8. The van der Waals surface area contributed by atoms with Crippen molar-refractivity contribution in [1.82, 2.24) is 16.0 Å². The predicted molar refractivity (Wildman–Crippen MR) is 164 cm³/mol. The molecule has 42 heavy (non-hydrogen) atoms. The van der Waals surface area contributed by atoms with Crippen molar-refractivity contribution in [3.63, 3.8) is 0 Å². The number of benzene rings is 2. The number of halogens is 1. The van der Waals surface area contributed by atoms with Gasteiger partial charge in [0.05, 0.1) is 0 Å². The monoisotopic (exact) mass is 588 g/mol.